The van der Waals surface area contributed by atoms with Gasteiger partial charge in [-0.25, -0.2) is 0 Å². The van der Waals surface area contributed by atoms with Crippen LogP contribution < -0.4 is 0 Å². The lowest BCUT2D eigenvalue weighted by molar-refractivity contribution is -0.207. The van der Waals surface area contributed by atoms with Crippen molar-refractivity contribution in [3.8, 4) is 0 Å². The van der Waals surface area contributed by atoms with Crippen molar-refractivity contribution in [2.75, 3.05) is 6.61 Å². The van der Waals surface area contributed by atoms with Crippen molar-refractivity contribution in [1.82, 2.24) is 0 Å². The number of rotatable bonds is 2. The topological polar surface area (TPSA) is 46.5 Å². The van der Waals surface area contributed by atoms with Gasteiger partial charge in [-0.3, -0.25) is 4.79 Å². The highest BCUT2D eigenvalue weighted by molar-refractivity contribution is 5.66. The Bertz CT molecular complexity index is 612. The van der Waals surface area contributed by atoms with Crippen molar-refractivity contribution in [3.05, 3.63) is 12.2 Å². The number of aliphatic hydroxyl groups is 1. The molecule has 0 aromatic heterocycles. The highest BCUT2D eigenvalue weighted by atomic mass is 16.5. The lowest BCUT2D eigenvalue weighted by Gasteiger charge is -2.65. The zero-order valence-electron chi connectivity index (χ0n) is 16.3. The quantitative estimate of drug-likeness (QED) is 0.592. The molecular weight excluding hydrogens is 312 g/mol. The molecule has 0 aromatic rings. The zero-order chi connectivity index (χ0) is 18.1. The smallest absolute Gasteiger partial charge is 0.302 e. The minimum absolute atomic E-state index is 0.000313. The molecule has 140 valence electrons. The zero-order valence-corrected chi connectivity index (χ0v) is 16.3. The predicted octanol–water partition coefficient (Wildman–Crippen LogP) is 4.49. The summed E-state index contributed by atoms with van der Waals surface area (Å²) in [6.45, 7) is 8.91. The fourth-order valence-electron chi connectivity index (χ4n) is 7.81. The number of hydrogen-bond acceptors (Lipinski definition) is 3. The molecule has 0 unspecified atom stereocenters. The van der Waals surface area contributed by atoms with E-state index in [0.717, 1.165) is 25.7 Å². The molecule has 3 heteroatoms. The SMILES string of the molecule is CC(=O)O[C@@H]1[C@]23C=C[C@@]1(C)CC[C@H]2[C@]1(C)CCC[C@](C)(CO)[C@H]1CC3. The maximum Gasteiger partial charge on any atom is 0.302 e. The molecular formula is C22H34O3. The second-order valence-electron chi connectivity index (χ2n) is 10.3. The summed E-state index contributed by atoms with van der Waals surface area (Å²) in [5, 5.41) is 10.2. The predicted molar refractivity (Wildman–Crippen MR) is 97.8 cm³/mol. The van der Waals surface area contributed by atoms with E-state index in [9.17, 15) is 9.90 Å². The van der Waals surface area contributed by atoms with E-state index in [1.54, 1.807) is 6.92 Å². The second kappa shape index (κ2) is 5.34. The molecule has 1 N–H and O–H groups in total. The Morgan fingerprint density at radius 3 is 2.48 bits per heavy atom. The van der Waals surface area contributed by atoms with Crippen LogP contribution in [0.5, 0.6) is 0 Å². The highest BCUT2D eigenvalue weighted by Gasteiger charge is 2.68. The maximum absolute atomic E-state index is 11.9. The van der Waals surface area contributed by atoms with E-state index in [0.29, 0.717) is 18.4 Å². The molecule has 3 nitrogen and oxygen atoms in total. The van der Waals surface area contributed by atoms with Gasteiger partial charge in [-0.1, -0.05) is 39.3 Å². The Balaban J connectivity index is 1.76. The van der Waals surface area contributed by atoms with Crippen LogP contribution in [0.1, 0.15) is 72.6 Å². The van der Waals surface area contributed by atoms with E-state index in [4.69, 9.17) is 4.74 Å². The van der Waals surface area contributed by atoms with Crippen molar-refractivity contribution in [1.29, 1.82) is 0 Å². The van der Waals surface area contributed by atoms with Crippen LogP contribution in [-0.4, -0.2) is 23.8 Å². The molecule has 0 heterocycles. The average Bonchev–Trinajstić information content (AvgIpc) is 2.71. The molecule has 4 aliphatic carbocycles. The lowest BCUT2D eigenvalue weighted by atomic mass is 9.40. The van der Waals surface area contributed by atoms with Crippen molar-refractivity contribution in [2.45, 2.75) is 78.7 Å². The molecule has 0 aliphatic heterocycles. The number of fused-ring (bicyclic) bond motifs is 3. The van der Waals surface area contributed by atoms with E-state index in [1.165, 1.54) is 19.3 Å². The van der Waals surface area contributed by atoms with E-state index >= 15 is 0 Å². The molecule has 0 saturated heterocycles. The van der Waals surface area contributed by atoms with Gasteiger partial charge in [0.25, 0.3) is 0 Å². The molecule has 3 saturated carbocycles. The Kier molecular flexibility index (Phi) is 3.76. The van der Waals surface area contributed by atoms with Gasteiger partial charge in [-0.05, 0) is 61.2 Å². The molecule has 0 amide bonds. The van der Waals surface area contributed by atoms with E-state index in [2.05, 4.69) is 32.9 Å². The van der Waals surface area contributed by atoms with Gasteiger partial charge in [0.15, 0.2) is 0 Å². The van der Waals surface area contributed by atoms with Crippen LogP contribution in [0, 0.1) is 33.5 Å². The fraction of sp³-hybridized carbons (Fsp3) is 0.864. The van der Waals surface area contributed by atoms with Gasteiger partial charge in [-0.15, -0.1) is 0 Å². The van der Waals surface area contributed by atoms with Gasteiger partial charge >= 0.3 is 5.97 Å². The van der Waals surface area contributed by atoms with Crippen LogP contribution in [0.15, 0.2) is 12.2 Å². The van der Waals surface area contributed by atoms with Crippen molar-refractivity contribution in [2.24, 2.45) is 33.5 Å². The van der Waals surface area contributed by atoms with Gasteiger partial charge in [0.05, 0.1) is 0 Å². The number of carbonyl (C=O) groups is 1. The number of aliphatic hydroxyl groups excluding tert-OH is 1. The number of carbonyl (C=O) groups excluding carboxylic acids is 1. The van der Waals surface area contributed by atoms with Crippen LogP contribution in [-0.2, 0) is 9.53 Å². The number of ether oxygens (including phenoxy) is 1. The summed E-state index contributed by atoms with van der Waals surface area (Å²) in [5.41, 5.74) is 0.301. The summed E-state index contributed by atoms with van der Waals surface area (Å²) in [7, 11) is 0. The second-order valence-corrected chi connectivity index (χ2v) is 10.3. The number of hydrogen-bond donors (Lipinski definition) is 1. The lowest BCUT2D eigenvalue weighted by Crippen LogP contribution is -2.62. The fourth-order valence-corrected chi connectivity index (χ4v) is 7.81. The summed E-state index contributed by atoms with van der Waals surface area (Å²) in [6, 6.07) is 0. The van der Waals surface area contributed by atoms with Gasteiger partial charge < -0.3 is 9.84 Å². The Morgan fingerprint density at radius 2 is 1.80 bits per heavy atom. The molecule has 25 heavy (non-hydrogen) atoms. The third-order valence-electron chi connectivity index (χ3n) is 8.89. The van der Waals surface area contributed by atoms with Crippen molar-refractivity contribution < 1.29 is 14.6 Å². The van der Waals surface area contributed by atoms with Gasteiger partial charge in [0.1, 0.15) is 6.10 Å². The van der Waals surface area contributed by atoms with Crippen molar-refractivity contribution in [3.63, 3.8) is 0 Å². The molecule has 3 fully saturated rings. The van der Waals surface area contributed by atoms with Crippen LogP contribution in [0.25, 0.3) is 0 Å². The Morgan fingerprint density at radius 1 is 1.08 bits per heavy atom. The van der Waals surface area contributed by atoms with Crippen LogP contribution >= 0.6 is 0 Å². The standard InChI is InChI=1S/C22H34O3/c1-15(24)25-18-19(2)10-6-17-21(4)9-5-8-20(3,14-23)16(21)7-11-22(17,18)13-12-19/h12-13,16-18,23H,5-11,14H2,1-4H3/t16-,17+,18+,19-,20-,21-,22-/m1/s1. The van der Waals surface area contributed by atoms with E-state index < -0.39 is 0 Å². The summed E-state index contributed by atoms with van der Waals surface area (Å²) in [6.07, 6.45) is 12.9. The summed E-state index contributed by atoms with van der Waals surface area (Å²) < 4.78 is 5.99. The van der Waals surface area contributed by atoms with Crippen LogP contribution in [0.2, 0.25) is 0 Å². The Labute approximate surface area is 152 Å². The molecule has 4 rings (SSSR count). The average molecular weight is 347 g/mol. The van der Waals surface area contributed by atoms with Gasteiger partial charge in [0.2, 0.25) is 0 Å². The molecule has 7 atom stereocenters. The van der Waals surface area contributed by atoms with Gasteiger partial charge in [-0.2, -0.15) is 0 Å². The monoisotopic (exact) mass is 346 g/mol. The minimum atomic E-state index is -0.143. The molecule has 1 spiro atoms. The molecule has 0 aromatic carbocycles. The summed E-state index contributed by atoms with van der Waals surface area (Å²) >= 11 is 0. The van der Waals surface area contributed by atoms with Crippen LogP contribution in [0.3, 0.4) is 0 Å². The summed E-state index contributed by atoms with van der Waals surface area (Å²) in [4.78, 5) is 11.9. The van der Waals surface area contributed by atoms with E-state index in [-0.39, 0.29) is 33.7 Å². The number of esters is 1. The Hall–Kier alpha value is -0.830. The van der Waals surface area contributed by atoms with Crippen LogP contribution in [0.4, 0.5) is 0 Å². The first-order chi connectivity index (χ1) is 11.7. The third-order valence-corrected chi connectivity index (χ3v) is 8.89. The first-order valence-corrected chi connectivity index (χ1v) is 10.2. The molecule has 4 aliphatic rings. The minimum Gasteiger partial charge on any atom is -0.461 e. The largest absolute Gasteiger partial charge is 0.461 e. The first-order valence-electron chi connectivity index (χ1n) is 10.2. The van der Waals surface area contributed by atoms with E-state index in [1.807, 2.05) is 0 Å². The highest BCUT2D eigenvalue weighted by Crippen LogP contribution is 2.72. The first kappa shape index (κ1) is 17.6. The molecule has 2 bridgehead atoms. The summed E-state index contributed by atoms with van der Waals surface area (Å²) in [5.74, 6) is 0.989. The molecule has 0 radical (unpaired) electrons. The van der Waals surface area contributed by atoms with Gasteiger partial charge in [0, 0.05) is 24.4 Å². The maximum atomic E-state index is 11.9. The van der Waals surface area contributed by atoms with Crippen molar-refractivity contribution >= 4 is 5.97 Å². The third kappa shape index (κ3) is 2.17. The normalized spacial score (nSPS) is 53.9.